The van der Waals surface area contributed by atoms with Crippen LogP contribution in [0, 0.1) is 24.0 Å². The highest BCUT2D eigenvalue weighted by atomic mass is 16.6. The first-order valence-corrected chi connectivity index (χ1v) is 12.5. The standard InChI is InChI=1S/C30H28N6O3/c1-19-5-3-6-20(2)27(19)34-29-28(23-9-11-25(12-10-23)36(38)39)33-26-16-24(13-14-35(26)29)30(37)32-18-22-8-4-7-21(15-22)17-31/h3-16,34H,17-18,31H2,1-2H3,(H,32,37). The maximum Gasteiger partial charge on any atom is 0.269 e. The van der Waals surface area contributed by atoms with E-state index in [1.807, 2.05) is 60.7 Å². The Morgan fingerprint density at radius 3 is 2.36 bits per heavy atom. The van der Waals surface area contributed by atoms with E-state index in [0.717, 1.165) is 27.9 Å². The molecule has 0 atom stereocenters. The van der Waals surface area contributed by atoms with E-state index in [-0.39, 0.29) is 11.6 Å². The molecule has 0 spiro atoms. The molecule has 0 fully saturated rings. The molecule has 0 unspecified atom stereocenters. The number of non-ortho nitro benzene ring substituents is 1. The highest BCUT2D eigenvalue weighted by Gasteiger charge is 2.18. The van der Waals surface area contributed by atoms with Crippen LogP contribution >= 0.6 is 0 Å². The number of rotatable bonds is 8. The van der Waals surface area contributed by atoms with Crippen LogP contribution in [0.1, 0.15) is 32.6 Å². The second-order valence-corrected chi connectivity index (χ2v) is 9.36. The third-order valence-corrected chi connectivity index (χ3v) is 6.64. The van der Waals surface area contributed by atoms with Gasteiger partial charge in [0.1, 0.15) is 17.2 Å². The van der Waals surface area contributed by atoms with E-state index < -0.39 is 4.92 Å². The summed E-state index contributed by atoms with van der Waals surface area (Å²) in [6.07, 6.45) is 1.80. The smallest absolute Gasteiger partial charge is 0.269 e. The van der Waals surface area contributed by atoms with E-state index in [9.17, 15) is 14.9 Å². The van der Waals surface area contributed by atoms with Gasteiger partial charge < -0.3 is 16.4 Å². The normalized spacial score (nSPS) is 10.9. The Balaban J connectivity index is 1.51. The van der Waals surface area contributed by atoms with Gasteiger partial charge in [0.25, 0.3) is 11.6 Å². The van der Waals surface area contributed by atoms with Gasteiger partial charge in [0.15, 0.2) is 0 Å². The molecule has 5 aromatic rings. The summed E-state index contributed by atoms with van der Waals surface area (Å²) in [5.41, 5.74) is 13.1. The van der Waals surface area contributed by atoms with E-state index in [1.165, 1.54) is 12.1 Å². The zero-order valence-corrected chi connectivity index (χ0v) is 21.6. The summed E-state index contributed by atoms with van der Waals surface area (Å²) in [5.74, 6) is 0.474. The van der Waals surface area contributed by atoms with E-state index in [1.54, 1.807) is 30.5 Å². The highest BCUT2D eigenvalue weighted by molar-refractivity contribution is 5.95. The summed E-state index contributed by atoms with van der Waals surface area (Å²) in [4.78, 5) is 28.6. The second kappa shape index (κ2) is 10.8. The molecule has 9 heteroatoms. The molecule has 0 aliphatic rings. The van der Waals surface area contributed by atoms with Gasteiger partial charge in [-0.3, -0.25) is 19.3 Å². The van der Waals surface area contributed by atoms with Crippen LogP contribution in [0.15, 0.2) is 85.1 Å². The number of nitrogens with one attached hydrogen (secondary N) is 2. The quantitative estimate of drug-likeness (QED) is 0.179. The predicted octanol–water partition coefficient (Wildman–Crippen LogP) is 5.66. The lowest BCUT2D eigenvalue weighted by atomic mass is 10.1. The molecule has 1 amide bonds. The molecule has 9 nitrogen and oxygen atoms in total. The second-order valence-electron chi connectivity index (χ2n) is 9.36. The van der Waals surface area contributed by atoms with Crippen LogP contribution in [0.2, 0.25) is 0 Å². The number of fused-ring (bicyclic) bond motifs is 1. The van der Waals surface area contributed by atoms with Gasteiger partial charge in [-0.05, 0) is 60.4 Å². The lowest BCUT2D eigenvalue weighted by Gasteiger charge is -2.14. The van der Waals surface area contributed by atoms with Crippen molar-refractivity contribution in [2.75, 3.05) is 5.32 Å². The molecule has 5 rings (SSSR count). The lowest BCUT2D eigenvalue weighted by molar-refractivity contribution is -0.384. The molecular formula is C30H28N6O3. The van der Waals surface area contributed by atoms with Crippen LogP contribution in [-0.4, -0.2) is 20.2 Å². The number of carbonyl (C=O) groups excluding carboxylic acids is 1. The minimum atomic E-state index is -0.430. The summed E-state index contributed by atoms with van der Waals surface area (Å²) >= 11 is 0. The number of para-hydroxylation sites is 1. The van der Waals surface area contributed by atoms with Gasteiger partial charge in [-0.15, -0.1) is 0 Å². The molecule has 0 aliphatic heterocycles. The maximum absolute atomic E-state index is 13.0. The molecule has 0 radical (unpaired) electrons. The molecule has 0 aliphatic carbocycles. The van der Waals surface area contributed by atoms with Gasteiger partial charge in [-0.2, -0.15) is 0 Å². The van der Waals surface area contributed by atoms with Crippen LogP contribution in [0.5, 0.6) is 0 Å². The Morgan fingerprint density at radius 2 is 1.67 bits per heavy atom. The Bertz CT molecular complexity index is 1670. The number of carbonyl (C=O) groups is 1. The lowest BCUT2D eigenvalue weighted by Crippen LogP contribution is -2.23. The van der Waals surface area contributed by atoms with E-state index >= 15 is 0 Å². The molecule has 4 N–H and O–H groups in total. The number of benzene rings is 3. The van der Waals surface area contributed by atoms with Crippen molar-refractivity contribution in [3.63, 3.8) is 0 Å². The molecule has 0 saturated heterocycles. The fraction of sp³-hybridized carbons (Fsp3) is 0.133. The largest absolute Gasteiger partial charge is 0.348 e. The Morgan fingerprint density at radius 1 is 0.974 bits per heavy atom. The van der Waals surface area contributed by atoms with E-state index in [0.29, 0.717) is 41.4 Å². The highest BCUT2D eigenvalue weighted by Crippen LogP contribution is 2.34. The zero-order chi connectivity index (χ0) is 27.5. The van der Waals surface area contributed by atoms with Crippen molar-refractivity contribution < 1.29 is 9.72 Å². The van der Waals surface area contributed by atoms with Crippen molar-refractivity contribution in [1.82, 2.24) is 14.7 Å². The van der Waals surface area contributed by atoms with Crippen LogP contribution in [0.25, 0.3) is 16.9 Å². The number of imidazole rings is 1. The number of pyridine rings is 1. The number of hydrogen-bond acceptors (Lipinski definition) is 6. The first-order chi connectivity index (χ1) is 18.8. The SMILES string of the molecule is Cc1cccc(C)c1Nc1c(-c2ccc([N+](=O)[O-])cc2)nc2cc(C(=O)NCc3cccc(CN)c3)ccn12. The first kappa shape index (κ1) is 25.6. The summed E-state index contributed by atoms with van der Waals surface area (Å²) in [7, 11) is 0. The first-order valence-electron chi connectivity index (χ1n) is 12.5. The third-order valence-electron chi connectivity index (χ3n) is 6.64. The summed E-state index contributed by atoms with van der Waals surface area (Å²) in [6.45, 7) is 4.86. The predicted molar refractivity (Wildman–Crippen MR) is 152 cm³/mol. The van der Waals surface area contributed by atoms with Gasteiger partial charge in [0.2, 0.25) is 0 Å². The third kappa shape index (κ3) is 5.34. The van der Waals surface area contributed by atoms with Gasteiger partial charge in [-0.25, -0.2) is 4.98 Å². The minimum absolute atomic E-state index is 0.00253. The summed E-state index contributed by atoms with van der Waals surface area (Å²) < 4.78 is 1.88. The van der Waals surface area contributed by atoms with Crippen molar-refractivity contribution in [2.45, 2.75) is 26.9 Å². The maximum atomic E-state index is 13.0. The number of nitro groups is 1. The number of hydrogen-bond donors (Lipinski definition) is 3. The van der Waals surface area contributed by atoms with Crippen molar-refractivity contribution in [3.8, 4) is 11.3 Å². The van der Waals surface area contributed by atoms with Crippen LogP contribution < -0.4 is 16.4 Å². The van der Waals surface area contributed by atoms with Crippen molar-refractivity contribution >= 4 is 28.7 Å². The van der Waals surface area contributed by atoms with Crippen molar-refractivity contribution in [1.29, 1.82) is 0 Å². The Kier molecular flexibility index (Phi) is 7.07. The number of nitrogens with two attached hydrogens (primary N) is 1. The fourth-order valence-electron chi connectivity index (χ4n) is 4.53. The fourth-order valence-corrected chi connectivity index (χ4v) is 4.53. The average Bonchev–Trinajstić information content (AvgIpc) is 3.31. The molecule has 2 heterocycles. The van der Waals surface area contributed by atoms with Crippen LogP contribution in [0.3, 0.4) is 0 Å². The van der Waals surface area contributed by atoms with Gasteiger partial charge in [0, 0.05) is 48.2 Å². The molecule has 196 valence electrons. The van der Waals surface area contributed by atoms with Crippen LogP contribution in [-0.2, 0) is 13.1 Å². The Labute approximate surface area is 225 Å². The molecule has 39 heavy (non-hydrogen) atoms. The summed E-state index contributed by atoms with van der Waals surface area (Å²) in [6, 6.07) is 23.6. The number of nitro benzene ring substituents is 1. The molecule has 0 bridgehead atoms. The van der Waals surface area contributed by atoms with Crippen LogP contribution in [0.4, 0.5) is 17.2 Å². The molecule has 0 saturated carbocycles. The van der Waals surface area contributed by atoms with Crippen molar-refractivity contribution in [3.05, 3.63) is 123 Å². The average molecular weight is 521 g/mol. The Hall–Kier alpha value is -5.02. The molecular weight excluding hydrogens is 492 g/mol. The zero-order valence-electron chi connectivity index (χ0n) is 21.6. The van der Waals surface area contributed by atoms with Gasteiger partial charge in [0.05, 0.1) is 4.92 Å². The molecule has 2 aromatic heterocycles. The monoisotopic (exact) mass is 520 g/mol. The van der Waals surface area contributed by atoms with Gasteiger partial charge >= 0.3 is 0 Å². The molecule has 3 aromatic carbocycles. The minimum Gasteiger partial charge on any atom is -0.348 e. The number of anilines is 2. The van der Waals surface area contributed by atoms with Crippen molar-refractivity contribution in [2.24, 2.45) is 5.73 Å². The number of amides is 1. The number of aryl methyl sites for hydroxylation is 2. The van der Waals surface area contributed by atoms with E-state index in [2.05, 4.69) is 10.6 Å². The van der Waals surface area contributed by atoms with E-state index in [4.69, 9.17) is 10.7 Å². The van der Waals surface area contributed by atoms with Gasteiger partial charge in [-0.1, -0.05) is 42.5 Å². The number of aromatic nitrogens is 2. The topological polar surface area (TPSA) is 128 Å². The number of nitrogens with zero attached hydrogens (tertiary/aromatic N) is 3. The summed E-state index contributed by atoms with van der Waals surface area (Å²) in [5, 5.41) is 17.7.